The number of hydrogen-bond acceptors (Lipinski definition) is 5. The van der Waals surface area contributed by atoms with E-state index < -0.39 is 0 Å². The zero-order valence-electron chi connectivity index (χ0n) is 22.0. The fourth-order valence-corrected chi connectivity index (χ4v) is 5.71. The van der Waals surface area contributed by atoms with Gasteiger partial charge < -0.3 is 19.9 Å². The monoisotopic (exact) mass is 512 g/mol. The van der Waals surface area contributed by atoms with Crippen LogP contribution in [0.1, 0.15) is 53.3 Å². The number of rotatable bonds is 9. The Hall–Kier alpha value is -3.71. The van der Waals surface area contributed by atoms with Crippen LogP contribution in [0.3, 0.4) is 0 Å². The number of methoxy groups -OCH3 is 1. The number of hydrogen-bond donors (Lipinski definition) is 1. The summed E-state index contributed by atoms with van der Waals surface area (Å²) in [6, 6.07) is 23.4. The Kier molecular flexibility index (Phi) is 8.03. The van der Waals surface area contributed by atoms with Crippen LogP contribution in [0, 0.1) is 5.41 Å². The minimum atomic E-state index is -0.227. The molecule has 2 aromatic carbocycles. The molecule has 1 atom stereocenters. The largest absolute Gasteiger partial charge is 0.497 e. The van der Waals surface area contributed by atoms with Crippen molar-refractivity contribution < 1.29 is 14.3 Å². The maximum atomic E-state index is 13.5. The fraction of sp³-hybridized carbons (Fsp3) is 0.387. The molecule has 1 N–H and O–H groups in total. The Labute approximate surface area is 224 Å². The van der Waals surface area contributed by atoms with Gasteiger partial charge in [-0.2, -0.15) is 0 Å². The average molecular weight is 513 g/mol. The number of pyridine rings is 1. The molecule has 1 spiro atoms. The third kappa shape index (κ3) is 5.89. The highest BCUT2D eigenvalue weighted by molar-refractivity contribution is 5.92. The van der Waals surface area contributed by atoms with Gasteiger partial charge in [-0.05, 0) is 74.2 Å². The molecule has 198 valence electrons. The quantitative estimate of drug-likeness (QED) is 0.458. The number of aromatic nitrogens is 1. The predicted octanol–water partition coefficient (Wildman–Crippen LogP) is 4.47. The summed E-state index contributed by atoms with van der Waals surface area (Å²) in [6.07, 6.45) is 5.15. The molecule has 2 fully saturated rings. The van der Waals surface area contributed by atoms with Crippen LogP contribution < -0.4 is 10.1 Å². The molecular weight excluding hydrogens is 476 g/mol. The van der Waals surface area contributed by atoms with E-state index in [1.807, 2.05) is 59.5 Å². The van der Waals surface area contributed by atoms with Crippen LogP contribution in [0.25, 0.3) is 0 Å². The van der Waals surface area contributed by atoms with E-state index in [0.717, 1.165) is 68.7 Å². The van der Waals surface area contributed by atoms with Gasteiger partial charge in [-0.1, -0.05) is 48.5 Å². The van der Waals surface area contributed by atoms with Crippen LogP contribution in [0.15, 0.2) is 79.0 Å². The van der Waals surface area contributed by atoms with Gasteiger partial charge in [0.05, 0.1) is 18.6 Å². The first-order valence-electron chi connectivity index (χ1n) is 13.5. The number of amides is 2. The van der Waals surface area contributed by atoms with Crippen molar-refractivity contribution in [2.24, 2.45) is 5.41 Å². The van der Waals surface area contributed by atoms with E-state index in [1.54, 1.807) is 19.4 Å². The van der Waals surface area contributed by atoms with Crippen LogP contribution in [-0.2, 0) is 11.3 Å². The van der Waals surface area contributed by atoms with Crippen molar-refractivity contribution in [2.45, 2.75) is 38.3 Å². The number of ether oxygens (including phenoxy) is 1. The average Bonchev–Trinajstić information content (AvgIpc) is 3.27. The third-order valence-electron chi connectivity index (χ3n) is 8.09. The van der Waals surface area contributed by atoms with E-state index >= 15 is 0 Å². The summed E-state index contributed by atoms with van der Waals surface area (Å²) >= 11 is 0. The Bertz CT molecular complexity index is 1210. The Morgan fingerprint density at radius 2 is 1.68 bits per heavy atom. The van der Waals surface area contributed by atoms with Crippen LogP contribution >= 0.6 is 0 Å². The maximum absolute atomic E-state index is 13.5. The number of likely N-dealkylation sites (tertiary alicyclic amines) is 2. The maximum Gasteiger partial charge on any atom is 0.270 e. The number of carbonyl (C=O) groups excluding carboxylic acids is 2. The Morgan fingerprint density at radius 1 is 0.974 bits per heavy atom. The van der Waals surface area contributed by atoms with Crippen molar-refractivity contribution in [2.75, 3.05) is 33.3 Å². The van der Waals surface area contributed by atoms with Gasteiger partial charge in [0.2, 0.25) is 5.91 Å². The first-order chi connectivity index (χ1) is 18.6. The summed E-state index contributed by atoms with van der Waals surface area (Å²) < 4.78 is 5.25. The molecule has 38 heavy (non-hydrogen) atoms. The summed E-state index contributed by atoms with van der Waals surface area (Å²) in [4.78, 5) is 35.0. The lowest BCUT2D eigenvalue weighted by Gasteiger charge is -2.38. The molecule has 5 rings (SSSR count). The van der Waals surface area contributed by atoms with Crippen LogP contribution in [-0.4, -0.2) is 59.9 Å². The van der Waals surface area contributed by atoms with Gasteiger partial charge in [-0.15, -0.1) is 0 Å². The van der Waals surface area contributed by atoms with E-state index in [9.17, 15) is 9.59 Å². The van der Waals surface area contributed by atoms with Gasteiger partial charge >= 0.3 is 0 Å². The number of nitrogens with one attached hydrogen (secondary N) is 1. The standard InChI is InChI=1S/C31H36N4O3/c1-38-26-12-10-24(11-13-26)23-35-22-17-31(30(35)37)15-20-34(21-16-31)19-14-27(25-7-3-2-4-8-25)33-29(36)28-9-5-6-18-32-28/h2-13,18,27H,14-17,19-23H2,1H3,(H,33,36). The molecule has 0 bridgehead atoms. The topological polar surface area (TPSA) is 74.8 Å². The van der Waals surface area contributed by atoms with Gasteiger partial charge in [-0.25, -0.2) is 0 Å². The van der Waals surface area contributed by atoms with Crippen molar-refractivity contribution in [3.63, 3.8) is 0 Å². The number of carbonyl (C=O) groups is 2. The molecule has 0 radical (unpaired) electrons. The normalized spacial score (nSPS) is 17.9. The molecule has 7 heteroatoms. The molecule has 2 saturated heterocycles. The molecule has 0 saturated carbocycles. The highest BCUT2D eigenvalue weighted by Crippen LogP contribution is 2.42. The highest BCUT2D eigenvalue weighted by atomic mass is 16.5. The lowest BCUT2D eigenvalue weighted by Crippen LogP contribution is -2.45. The number of benzene rings is 2. The first kappa shape index (κ1) is 25.9. The van der Waals surface area contributed by atoms with Crippen molar-refractivity contribution in [3.8, 4) is 5.75 Å². The fourth-order valence-electron chi connectivity index (χ4n) is 5.71. The molecule has 2 aliphatic rings. The van der Waals surface area contributed by atoms with Crippen LogP contribution in [0.4, 0.5) is 0 Å². The Balaban J connectivity index is 1.16. The highest BCUT2D eigenvalue weighted by Gasteiger charge is 2.47. The smallest absolute Gasteiger partial charge is 0.270 e. The molecule has 0 aliphatic carbocycles. The zero-order valence-corrected chi connectivity index (χ0v) is 22.0. The van der Waals surface area contributed by atoms with Gasteiger partial charge in [0.15, 0.2) is 0 Å². The van der Waals surface area contributed by atoms with E-state index in [0.29, 0.717) is 18.1 Å². The minimum absolute atomic E-state index is 0.102. The number of nitrogens with zero attached hydrogens (tertiary/aromatic N) is 3. The molecule has 1 unspecified atom stereocenters. The molecule has 3 heterocycles. The summed E-state index contributed by atoms with van der Waals surface area (Å²) in [6.45, 7) is 4.14. The van der Waals surface area contributed by atoms with Gasteiger partial charge in [0.1, 0.15) is 11.4 Å². The van der Waals surface area contributed by atoms with Crippen molar-refractivity contribution >= 4 is 11.8 Å². The lowest BCUT2D eigenvalue weighted by atomic mass is 9.77. The second kappa shape index (κ2) is 11.8. The summed E-state index contributed by atoms with van der Waals surface area (Å²) in [5, 5.41) is 3.18. The van der Waals surface area contributed by atoms with E-state index in [2.05, 4.69) is 27.3 Å². The van der Waals surface area contributed by atoms with Gasteiger partial charge in [-0.3, -0.25) is 14.6 Å². The SMILES string of the molecule is COc1ccc(CN2CCC3(CCN(CCC(NC(=O)c4ccccn4)c4ccccc4)CC3)C2=O)cc1. The van der Waals surface area contributed by atoms with Crippen molar-refractivity contribution in [1.82, 2.24) is 20.1 Å². The van der Waals surface area contributed by atoms with Gasteiger partial charge in [0.25, 0.3) is 5.91 Å². The van der Waals surface area contributed by atoms with Crippen LogP contribution in [0.2, 0.25) is 0 Å². The van der Waals surface area contributed by atoms with E-state index in [4.69, 9.17) is 4.74 Å². The lowest BCUT2D eigenvalue weighted by molar-refractivity contribution is -0.138. The summed E-state index contributed by atoms with van der Waals surface area (Å²) in [5.41, 5.74) is 2.42. The zero-order chi connectivity index (χ0) is 26.4. The summed E-state index contributed by atoms with van der Waals surface area (Å²) in [7, 11) is 1.66. The minimum Gasteiger partial charge on any atom is -0.497 e. The molecular formula is C31H36N4O3. The Morgan fingerprint density at radius 3 is 2.37 bits per heavy atom. The molecule has 2 aliphatic heterocycles. The first-order valence-corrected chi connectivity index (χ1v) is 13.5. The summed E-state index contributed by atoms with van der Waals surface area (Å²) in [5.74, 6) is 0.972. The third-order valence-corrected chi connectivity index (χ3v) is 8.09. The van der Waals surface area contributed by atoms with Crippen LogP contribution in [0.5, 0.6) is 5.75 Å². The molecule has 2 amide bonds. The second-order valence-electron chi connectivity index (χ2n) is 10.4. The van der Waals surface area contributed by atoms with Crippen molar-refractivity contribution in [3.05, 3.63) is 95.8 Å². The molecule has 1 aromatic heterocycles. The van der Waals surface area contributed by atoms with E-state index in [-0.39, 0.29) is 17.4 Å². The van der Waals surface area contributed by atoms with Crippen molar-refractivity contribution in [1.29, 1.82) is 0 Å². The van der Waals surface area contributed by atoms with E-state index in [1.165, 1.54) is 0 Å². The predicted molar refractivity (Wildman–Crippen MR) is 147 cm³/mol. The number of piperidine rings is 1. The van der Waals surface area contributed by atoms with Gasteiger partial charge in [0, 0.05) is 25.8 Å². The second-order valence-corrected chi connectivity index (χ2v) is 10.4. The molecule has 3 aromatic rings. The molecule has 7 nitrogen and oxygen atoms in total.